The summed E-state index contributed by atoms with van der Waals surface area (Å²) >= 11 is 0. The molecule has 0 spiro atoms. The van der Waals surface area contributed by atoms with Crippen molar-refractivity contribution >= 4 is 10.8 Å². The quantitative estimate of drug-likeness (QED) is 0.674. The molecule has 2 heteroatoms. The summed E-state index contributed by atoms with van der Waals surface area (Å²) in [5, 5.41) is 2.18. The molecule has 2 aromatic rings. The van der Waals surface area contributed by atoms with E-state index in [1.807, 2.05) is 36.4 Å². The first-order valence-electron chi connectivity index (χ1n) is 4.74. The highest BCUT2D eigenvalue weighted by Crippen LogP contribution is 2.28. The van der Waals surface area contributed by atoms with Crippen molar-refractivity contribution in [2.45, 2.75) is 6.54 Å². The minimum Gasteiger partial charge on any atom is -0.496 e. The van der Waals surface area contributed by atoms with Crippen molar-refractivity contribution in [3.8, 4) is 5.75 Å². The van der Waals surface area contributed by atoms with Crippen LogP contribution in [-0.4, -0.2) is 7.11 Å². The Balaban J connectivity index is 2.72. The third-order valence-corrected chi connectivity index (χ3v) is 2.44. The van der Waals surface area contributed by atoms with E-state index < -0.39 is 0 Å². The van der Waals surface area contributed by atoms with E-state index in [-0.39, 0.29) is 0 Å². The molecule has 2 rings (SSSR count). The van der Waals surface area contributed by atoms with Gasteiger partial charge in [0.2, 0.25) is 6.54 Å². The lowest BCUT2D eigenvalue weighted by Crippen LogP contribution is -1.88. The number of nitrogens with zero attached hydrogens (tertiary/aromatic N) is 1. The van der Waals surface area contributed by atoms with E-state index in [2.05, 4.69) is 4.85 Å². The van der Waals surface area contributed by atoms with Crippen LogP contribution in [0.3, 0.4) is 0 Å². The van der Waals surface area contributed by atoms with Crippen LogP contribution >= 0.6 is 0 Å². The number of methoxy groups -OCH3 is 1. The molecule has 15 heavy (non-hydrogen) atoms. The molecule has 0 fully saturated rings. The van der Waals surface area contributed by atoms with E-state index in [1.165, 1.54) is 0 Å². The lowest BCUT2D eigenvalue weighted by atomic mass is 10.0. The molecule has 74 valence electrons. The van der Waals surface area contributed by atoms with Crippen molar-refractivity contribution < 1.29 is 4.74 Å². The largest absolute Gasteiger partial charge is 0.496 e. The normalized spacial score (nSPS) is 9.87. The van der Waals surface area contributed by atoms with Crippen LogP contribution in [0, 0.1) is 6.57 Å². The van der Waals surface area contributed by atoms with Crippen LogP contribution < -0.4 is 4.74 Å². The zero-order chi connectivity index (χ0) is 10.7. The summed E-state index contributed by atoms with van der Waals surface area (Å²) in [6, 6.07) is 11.9. The van der Waals surface area contributed by atoms with Crippen molar-refractivity contribution in [3.05, 3.63) is 53.4 Å². The van der Waals surface area contributed by atoms with Gasteiger partial charge in [-0.3, -0.25) is 0 Å². The molecular formula is C13H11NO. The van der Waals surface area contributed by atoms with Gasteiger partial charge in [-0.1, -0.05) is 24.3 Å². The highest BCUT2D eigenvalue weighted by Gasteiger charge is 2.06. The number of benzene rings is 2. The maximum Gasteiger partial charge on any atom is 0.240 e. The third-order valence-electron chi connectivity index (χ3n) is 2.44. The third kappa shape index (κ3) is 1.64. The monoisotopic (exact) mass is 197 g/mol. The first-order chi connectivity index (χ1) is 7.36. The first-order valence-corrected chi connectivity index (χ1v) is 4.74. The summed E-state index contributed by atoms with van der Waals surface area (Å²) < 4.78 is 5.28. The van der Waals surface area contributed by atoms with Gasteiger partial charge >= 0.3 is 0 Å². The molecule has 0 saturated carbocycles. The van der Waals surface area contributed by atoms with Crippen LogP contribution in [-0.2, 0) is 6.54 Å². The summed E-state index contributed by atoms with van der Waals surface area (Å²) in [5.41, 5.74) is 1.06. The fraction of sp³-hybridized carbons (Fsp3) is 0.154. The van der Waals surface area contributed by atoms with Crippen LogP contribution in [0.5, 0.6) is 5.75 Å². The maximum absolute atomic E-state index is 6.91. The average Bonchev–Trinajstić information content (AvgIpc) is 2.30. The Bertz CT molecular complexity index is 526. The second-order valence-electron chi connectivity index (χ2n) is 3.29. The molecule has 0 aliphatic carbocycles. The van der Waals surface area contributed by atoms with Gasteiger partial charge in [-0.25, -0.2) is 6.57 Å². The Labute approximate surface area is 88.9 Å². The number of rotatable bonds is 2. The second-order valence-corrected chi connectivity index (χ2v) is 3.29. The molecule has 0 radical (unpaired) electrons. The highest BCUT2D eigenvalue weighted by atomic mass is 16.5. The minimum absolute atomic E-state index is 0.421. The summed E-state index contributed by atoms with van der Waals surface area (Å²) in [6.07, 6.45) is 0. The summed E-state index contributed by atoms with van der Waals surface area (Å²) in [7, 11) is 1.66. The van der Waals surface area contributed by atoms with E-state index in [0.717, 1.165) is 22.1 Å². The van der Waals surface area contributed by atoms with E-state index >= 15 is 0 Å². The van der Waals surface area contributed by atoms with Crippen molar-refractivity contribution in [1.82, 2.24) is 0 Å². The SMILES string of the molecule is [C-]#[N+]Cc1ccc(OC)c2ccccc12. The molecule has 0 N–H and O–H groups in total. The Morgan fingerprint density at radius 1 is 1.13 bits per heavy atom. The maximum atomic E-state index is 6.91. The summed E-state index contributed by atoms with van der Waals surface area (Å²) in [4.78, 5) is 3.42. The number of hydrogen-bond acceptors (Lipinski definition) is 1. The number of hydrogen-bond donors (Lipinski definition) is 0. The highest BCUT2D eigenvalue weighted by molar-refractivity contribution is 5.91. The van der Waals surface area contributed by atoms with Crippen molar-refractivity contribution in [1.29, 1.82) is 0 Å². The molecule has 2 nitrogen and oxygen atoms in total. The van der Waals surface area contributed by atoms with Gasteiger partial charge < -0.3 is 9.58 Å². The lowest BCUT2D eigenvalue weighted by Gasteiger charge is -2.06. The fourth-order valence-electron chi connectivity index (χ4n) is 1.73. The molecule has 0 aromatic heterocycles. The molecular weight excluding hydrogens is 186 g/mol. The van der Waals surface area contributed by atoms with Gasteiger partial charge in [0.1, 0.15) is 5.75 Å². The van der Waals surface area contributed by atoms with Crippen LogP contribution in [0.1, 0.15) is 5.56 Å². The molecule has 0 unspecified atom stereocenters. The summed E-state index contributed by atoms with van der Waals surface area (Å²) in [6.45, 7) is 7.33. The molecule has 0 bridgehead atoms. The standard InChI is InChI=1S/C13H11NO/c1-14-9-10-7-8-13(15-2)12-6-4-3-5-11(10)12/h3-8H,9H2,2H3. The van der Waals surface area contributed by atoms with Gasteiger partial charge in [-0.15, -0.1) is 0 Å². The van der Waals surface area contributed by atoms with E-state index in [0.29, 0.717) is 6.54 Å². The average molecular weight is 197 g/mol. The van der Waals surface area contributed by atoms with E-state index in [4.69, 9.17) is 11.3 Å². The van der Waals surface area contributed by atoms with Gasteiger partial charge in [-0.2, -0.15) is 0 Å². The van der Waals surface area contributed by atoms with Gasteiger partial charge in [0.15, 0.2) is 0 Å². The summed E-state index contributed by atoms with van der Waals surface area (Å²) in [5.74, 6) is 0.860. The van der Waals surface area contributed by atoms with Crippen LogP contribution in [0.15, 0.2) is 36.4 Å². The molecule has 0 aliphatic heterocycles. The second kappa shape index (κ2) is 4.02. The lowest BCUT2D eigenvalue weighted by molar-refractivity contribution is 0.419. The molecule has 2 aromatic carbocycles. The van der Waals surface area contributed by atoms with Gasteiger partial charge in [0, 0.05) is 10.9 Å². The van der Waals surface area contributed by atoms with Gasteiger partial charge in [0.25, 0.3) is 0 Å². The van der Waals surface area contributed by atoms with Crippen LogP contribution in [0.2, 0.25) is 0 Å². The van der Waals surface area contributed by atoms with E-state index in [1.54, 1.807) is 7.11 Å². The topological polar surface area (TPSA) is 13.6 Å². The van der Waals surface area contributed by atoms with Crippen molar-refractivity contribution in [3.63, 3.8) is 0 Å². The zero-order valence-electron chi connectivity index (χ0n) is 8.53. The minimum atomic E-state index is 0.421. The van der Waals surface area contributed by atoms with Crippen LogP contribution in [0.4, 0.5) is 0 Å². The smallest absolute Gasteiger partial charge is 0.240 e. The fourth-order valence-corrected chi connectivity index (χ4v) is 1.73. The zero-order valence-corrected chi connectivity index (χ0v) is 8.53. The molecule has 0 heterocycles. The van der Waals surface area contributed by atoms with Crippen molar-refractivity contribution in [2.75, 3.05) is 7.11 Å². The molecule has 0 atom stereocenters. The Morgan fingerprint density at radius 2 is 1.87 bits per heavy atom. The van der Waals surface area contributed by atoms with Crippen LogP contribution in [0.25, 0.3) is 15.6 Å². The number of fused-ring (bicyclic) bond motifs is 1. The Kier molecular flexibility index (Phi) is 2.55. The van der Waals surface area contributed by atoms with E-state index in [9.17, 15) is 0 Å². The molecule has 0 aliphatic rings. The first kappa shape index (κ1) is 9.54. The van der Waals surface area contributed by atoms with Gasteiger partial charge in [0.05, 0.1) is 7.11 Å². The number of ether oxygens (including phenoxy) is 1. The Hall–Kier alpha value is -2.01. The molecule has 0 amide bonds. The van der Waals surface area contributed by atoms with Gasteiger partial charge in [-0.05, 0) is 17.5 Å². The molecule has 0 saturated heterocycles. The van der Waals surface area contributed by atoms with Crippen molar-refractivity contribution in [2.24, 2.45) is 0 Å². The predicted molar refractivity (Wildman–Crippen MR) is 60.8 cm³/mol. The Morgan fingerprint density at radius 3 is 2.53 bits per heavy atom. The predicted octanol–water partition coefficient (Wildman–Crippen LogP) is 3.27.